The topological polar surface area (TPSA) is 55.6 Å². The Morgan fingerprint density at radius 1 is 1.28 bits per heavy atom. The van der Waals surface area contributed by atoms with Gasteiger partial charge in [0, 0.05) is 18.6 Å². The van der Waals surface area contributed by atoms with Gasteiger partial charge in [-0.25, -0.2) is 0 Å². The third kappa shape index (κ3) is 2.86. The van der Waals surface area contributed by atoms with Crippen LogP contribution in [0.4, 0.5) is 0 Å². The molecule has 104 valence electrons. The highest BCUT2D eigenvalue weighted by Gasteiger charge is 2.41. The third-order valence-corrected chi connectivity index (χ3v) is 4.28. The first-order valence-corrected chi connectivity index (χ1v) is 7.13. The fraction of sp³-hybridized carbons (Fsp3) is 0.929. The lowest BCUT2D eigenvalue weighted by Gasteiger charge is -2.43. The molecule has 1 amide bonds. The van der Waals surface area contributed by atoms with Gasteiger partial charge in [-0.3, -0.25) is 4.79 Å². The normalized spacial score (nSPS) is 41.8. The Morgan fingerprint density at radius 3 is 2.44 bits per heavy atom. The van der Waals surface area contributed by atoms with Gasteiger partial charge in [0.1, 0.15) is 0 Å². The molecule has 1 heterocycles. The summed E-state index contributed by atoms with van der Waals surface area (Å²) in [7, 11) is 0. The van der Waals surface area contributed by atoms with E-state index in [0.717, 1.165) is 25.7 Å². The van der Waals surface area contributed by atoms with Gasteiger partial charge in [0.05, 0.1) is 18.1 Å². The largest absolute Gasteiger partial charge is 0.372 e. The summed E-state index contributed by atoms with van der Waals surface area (Å²) in [5.74, 6) is 0.227. The number of hydrogen-bond donors (Lipinski definition) is 1. The molecule has 1 saturated heterocycles. The summed E-state index contributed by atoms with van der Waals surface area (Å²) < 4.78 is 5.68. The van der Waals surface area contributed by atoms with Crippen LogP contribution in [0, 0.1) is 5.92 Å². The molecule has 2 N–H and O–H groups in total. The lowest BCUT2D eigenvalue weighted by atomic mass is 9.74. The highest BCUT2D eigenvalue weighted by atomic mass is 16.5. The fourth-order valence-corrected chi connectivity index (χ4v) is 3.34. The van der Waals surface area contributed by atoms with Gasteiger partial charge in [-0.15, -0.1) is 0 Å². The molecule has 1 aliphatic heterocycles. The highest BCUT2D eigenvalue weighted by molar-refractivity contribution is 5.80. The number of ether oxygens (including phenoxy) is 1. The number of hydrogen-bond acceptors (Lipinski definition) is 3. The molecule has 1 aliphatic carbocycles. The first kappa shape index (κ1) is 13.8. The van der Waals surface area contributed by atoms with Crippen LogP contribution in [-0.2, 0) is 9.53 Å². The summed E-state index contributed by atoms with van der Waals surface area (Å²) in [5.41, 5.74) is 5.99. The number of morpholine rings is 1. The number of amides is 1. The van der Waals surface area contributed by atoms with Crippen LogP contribution in [0.1, 0.15) is 46.5 Å². The smallest absolute Gasteiger partial charge is 0.227 e. The second-order valence-electron chi connectivity index (χ2n) is 6.30. The molecule has 4 heteroatoms. The first-order chi connectivity index (χ1) is 8.40. The zero-order valence-electron chi connectivity index (χ0n) is 11.8. The molecule has 0 aromatic heterocycles. The SMILES string of the molecule is CC1CN(C(=O)C2CCCCC2(C)N)CC(C)O1. The van der Waals surface area contributed by atoms with Crippen molar-refractivity contribution in [2.75, 3.05) is 13.1 Å². The van der Waals surface area contributed by atoms with Crippen molar-refractivity contribution in [3.8, 4) is 0 Å². The summed E-state index contributed by atoms with van der Waals surface area (Å²) in [4.78, 5) is 14.6. The minimum absolute atomic E-state index is 0.0104. The minimum atomic E-state index is -0.333. The van der Waals surface area contributed by atoms with Crippen LogP contribution in [0.2, 0.25) is 0 Å². The van der Waals surface area contributed by atoms with Crippen molar-refractivity contribution in [3.63, 3.8) is 0 Å². The average molecular weight is 254 g/mol. The molecule has 1 saturated carbocycles. The zero-order chi connectivity index (χ0) is 13.3. The van der Waals surface area contributed by atoms with Crippen molar-refractivity contribution in [1.82, 2.24) is 4.90 Å². The Hall–Kier alpha value is -0.610. The van der Waals surface area contributed by atoms with Gasteiger partial charge in [-0.05, 0) is 33.6 Å². The zero-order valence-corrected chi connectivity index (χ0v) is 11.8. The standard InChI is InChI=1S/C14H26N2O2/c1-10-8-16(9-11(2)18-10)13(17)12-6-4-5-7-14(12,3)15/h10-12H,4-9,15H2,1-3H3. The lowest BCUT2D eigenvalue weighted by molar-refractivity contribution is -0.150. The molecule has 4 nitrogen and oxygen atoms in total. The predicted octanol–water partition coefficient (Wildman–Crippen LogP) is 1.53. The van der Waals surface area contributed by atoms with E-state index in [0.29, 0.717) is 13.1 Å². The average Bonchev–Trinajstić information content (AvgIpc) is 2.26. The summed E-state index contributed by atoms with van der Waals surface area (Å²) in [5, 5.41) is 0. The maximum Gasteiger partial charge on any atom is 0.227 e. The van der Waals surface area contributed by atoms with E-state index in [9.17, 15) is 4.79 Å². The van der Waals surface area contributed by atoms with Crippen LogP contribution in [0.15, 0.2) is 0 Å². The molecule has 18 heavy (non-hydrogen) atoms. The predicted molar refractivity (Wildman–Crippen MR) is 71.1 cm³/mol. The molecule has 0 bridgehead atoms. The molecular weight excluding hydrogens is 228 g/mol. The van der Waals surface area contributed by atoms with E-state index in [2.05, 4.69) is 0 Å². The Kier molecular flexibility index (Phi) is 3.97. The molecule has 0 radical (unpaired) electrons. The van der Waals surface area contributed by atoms with Gasteiger partial charge in [-0.2, -0.15) is 0 Å². The van der Waals surface area contributed by atoms with Crippen LogP contribution in [-0.4, -0.2) is 41.6 Å². The summed E-state index contributed by atoms with van der Waals surface area (Å²) in [6.45, 7) is 7.49. The van der Waals surface area contributed by atoms with Crippen LogP contribution in [0.3, 0.4) is 0 Å². The van der Waals surface area contributed by atoms with E-state index in [1.165, 1.54) is 0 Å². The van der Waals surface area contributed by atoms with E-state index in [1.807, 2.05) is 25.7 Å². The molecule has 2 rings (SSSR count). The molecule has 0 spiro atoms. The van der Waals surface area contributed by atoms with E-state index in [-0.39, 0.29) is 29.6 Å². The molecule has 2 fully saturated rings. The van der Waals surface area contributed by atoms with Crippen LogP contribution in [0.25, 0.3) is 0 Å². The Labute approximate surface area is 110 Å². The maximum atomic E-state index is 12.7. The van der Waals surface area contributed by atoms with Crippen molar-refractivity contribution in [2.45, 2.75) is 64.2 Å². The molecule has 4 unspecified atom stereocenters. The second-order valence-corrected chi connectivity index (χ2v) is 6.30. The number of rotatable bonds is 1. The Bertz CT molecular complexity index is 307. The lowest BCUT2D eigenvalue weighted by Crippen LogP contribution is -2.57. The van der Waals surface area contributed by atoms with Gasteiger partial charge < -0.3 is 15.4 Å². The van der Waals surface area contributed by atoms with Gasteiger partial charge in [-0.1, -0.05) is 12.8 Å². The maximum absolute atomic E-state index is 12.7. The number of carbonyl (C=O) groups is 1. The van der Waals surface area contributed by atoms with E-state index < -0.39 is 0 Å². The van der Waals surface area contributed by atoms with Crippen LogP contribution in [0.5, 0.6) is 0 Å². The van der Waals surface area contributed by atoms with Gasteiger partial charge in [0.25, 0.3) is 0 Å². The quantitative estimate of drug-likeness (QED) is 0.772. The summed E-state index contributed by atoms with van der Waals surface area (Å²) >= 11 is 0. The van der Waals surface area contributed by atoms with Crippen molar-refractivity contribution in [1.29, 1.82) is 0 Å². The number of nitrogens with two attached hydrogens (primary N) is 1. The van der Waals surface area contributed by atoms with Crippen molar-refractivity contribution >= 4 is 5.91 Å². The fourth-order valence-electron chi connectivity index (χ4n) is 3.34. The minimum Gasteiger partial charge on any atom is -0.372 e. The molecule has 4 atom stereocenters. The second kappa shape index (κ2) is 5.17. The third-order valence-electron chi connectivity index (χ3n) is 4.28. The summed E-state index contributed by atoms with van der Waals surface area (Å²) in [6.07, 6.45) is 4.42. The Morgan fingerprint density at radius 2 is 1.89 bits per heavy atom. The van der Waals surface area contributed by atoms with Gasteiger partial charge >= 0.3 is 0 Å². The van der Waals surface area contributed by atoms with Crippen molar-refractivity contribution in [2.24, 2.45) is 11.7 Å². The number of nitrogens with zero attached hydrogens (tertiary/aromatic N) is 1. The highest BCUT2D eigenvalue weighted by Crippen LogP contribution is 2.33. The summed E-state index contributed by atoms with van der Waals surface area (Å²) in [6, 6.07) is 0. The van der Waals surface area contributed by atoms with E-state index in [1.54, 1.807) is 0 Å². The van der Waals surface area contributed by atoms with Gasteiger partial charge in [0.15, 0.2) is 0 Å². The molecular formula is C14H26N2O2. The Balaban J connectivity index is 2.05. The molecule has 0 aromatic carbocycles. The van der Waals surface area contributed by atoms with Gasteiger partial charge in [0.2, 0.25) is 5.91 Å². The van der Waals surface area contributed by atoms with Crippen molar-refractivity contribution in [3.05, 3.63) is 0 Å². The van der Waals surface area contributed by atoms with Crippen LogP contribution >= 0.6 is 0 Å². The molecule has 2 aliphatic rings. The first-order valence-electron chi connectivity index (χ1n) is 7.13. The van der Waals surface area contributed by atoms with E-state index in [4.69, 9.17) is 10.5 Å². The molecule has 0 aromatic rings. The monoisotopic (exact) mass is 254 g/mol. The van der Waals surface area contributed by atoms with Crippen molar-refractivity contribution < 1.29 is 9.53 Å². The number of carbonyl (C=O) groups excluding carboxylic acids is 1. The van der Waals surface area contributed by atoms with Crippen LogP contribution < -0.4 is 5.73 Å². The van der Waals surface area contributed by atoms with E-state index >= 15 is 0 Å².